The molecule has 0 spiro atoms. The number of aliphatic hydroxyl groups excluding tert-OH is 1. The molecule has 0 aromatic rings. The maximum Gasteiger partial charge on any atom is 0.224 e. The Labute approximate surface area is 319 Å². The molecule has 304 valence electrons. The quantitative estimate of drug-likeness (QED) is 0.0548. The molecule has 0 aromatic heterocycles. The number of unbranched alkanes of at least 4 members (excludes halogenated alkanes) is 33. The van der Waals surface area contributed by atoms with Crippen LogP contribution in [0, 0.1) is 5.41 Å². The fraction of sp³-hybridized carbons (Fsp3) is 0.957. The molecule has 0 heterocycles. The summed E-state index contributed by atoms with van der Waals surface area (Å²) < 4.78 is 0. The molecule has 0 saturated heterocycles. The van der Waals surface area contributed by atoms with Crippen LogP contribution in [0.4, 0.5) is 0 Å². The van der Waals surface area contributed by atoms with E-state index in [-0.39, 0.29) is 24.8 Å². The highest BCUT2D eigenvalue weighted by Crippen LogP contribution is 2.36. The molecule has 0 saturated carbocycles. The second-order valence-corrected chi connectivity index (χ2v) is 16.4. The van der Waals surface area contributed by atoms with Gasteiger partial charge in [0, 0.05) is 19.6 Å². The lowest BCUT2D eigenvalue weighted by Crippen LogP contribution is -2.42. The van der Waals surface area contributed by atoms with Crippen molar-refractivity contribution in [3.63, 3.8) is 0 Å². The summed E-state index contributed by atoms with van der Waals surface area (Å²) in [6.45, 7) is 5.43. The third kappa shape index (κ3) is 34.4. The number of nitrogens with one attached hydrogen (secondary N) is 1. The zero-order valence-electron chi connectivity index (χ0n) is 34.8. The van der Waals surface area contributed by atoms with Gasteiger partial charge in [0.25, 0.3) is 0 Å². The molecule has 0 rings (SSSR count). The Morgan fingerprint density at radius 2 is 0.706 bits per heavy atom. The maximum atomic E-state index is 13.0. The van der Waals surface area contributed by atoms with Crippen molar-refractivity contribution < 1.29 is 14.7 Å². The van der Waals surface area contributed by atoms with E-state index in [4.69, 9.17) is 10.8 Å². The molecule has 5 heteroatoms. The Balaban J connectivity index is 4.35. The number of hydrogen-bond donors (Lipinski definition) is 3. The molecule has 0 fully saturated rings. The van der Waals surface area contributed by atoms with E-state index in [1.54, 1.807) is 0 Å². The molecule has 0 atom stereocenters. The molecule has 0 bridgehead atoms. The second kappa shape index (κ2) is 40.1. The van der Waals surface area contributed by atoms with Crippen molar-refractivity contribution in [2.75, 3.05) is 13.2 Å². The number of carbonyl (C=O) groups is 2. The van der Waals surface area contributed by atoms with Crippen LogP contribution in [0.5, 0.6) is 0 Å². The molecular formula is C46H92N2O3. The van der Waals surface area contributed by atoms with Gasteiger partial charge in [-0.05, 0) is 25.7 Å². The lowest BCUT2D eigenvalue weighted by atomic mass is 9.74. The van der Waals surface area contributed by atoms with Crippen LogP contribution >= 0.6 is 0 Å². The van der Waals surface area contributed by atoms with E-state index in [9.17, 15) is 9.59 Å². The summed E-state index contributed by atoms with van der Waals surface area (Å²) in [5.41, 5.74) is 5.40. The summed E-state index contributed by atoms with van der Waals surface area (Å²) in [5, 5.41) is 12.1. The fourth-order valence-electron chi connectivity index (χ4n) is 7.85. The monoisotopic (exact) mass is 721 g/mol. The Morgan fingerprint density at radius 1 is 0.431 bits per heavy atom. The first-order valence-corrected chi connectivity index (χ1v) is 23.2. The Kier molecular flexibility index (Phi) is 39.2. The van der Waals surface area contributed by atoms with Crippen LogP contribution in [0.25, 0.3) is 0 Å². The average Bonchev–Trinajstić information content (AvgIpc) is 3.12. The van der Waals surface area contributed by atoms with Crippen LogP contribution in [-0.4, -0.2) is 30.1 Å². The van der Waals surface area contributed by atoms with Gasteiger partial charge in [-0.15, -0.1) is 0 Å². The topological polar surface area (TPSA) is 92.4 Å². The van der Waals surface area contributed by atoms with Gasteiger partial charge < -0.3 is 16.2 Å². The molecule has 4 N–H and O–H groups in total. The Morgan fingerprint density at radius 3 is 1.00 bits per heavy atom. The summed E-state index contributed by atoms with van der Waals surface area (Å²) >= 11 is 0. The van der Waals surface area contributed by atoms with E-state index >= 15 is 0 Å². The van der Waals surface area contributed by atoms with Crippen LogP contribution in [0.2, 0.25) is 0 Å². The molecule has 0 aliphatic heterocycles. The minimum Gasteiger partial charge on any atom is -0.396 e. The standard InChI is InChI=1S/C46H92N2O3/c1-3-5-7-9-11-13-15-17-19-21-23-25-27-29-31-35-39-46(45(47)51,43-44(50)48-41-37-33-34-38-42-49)40-36-32-30-28-26-24-22-20-18-16-14-12-10-8-6-4-2/h49H,3-43H2,1-2H3,(H2,47,51)(H,48,50). The van der Waals surface area contributed by atoms with Crippen LogP contribution in [-0.2, 0) is 9.59 Å². The summed E-state index contributed by atoms with van der Waals surface area (Å²) in [6.07, 6.45) is 47.9. The van der Waals surface area contributed by atoms with Gasteiger partial charge in [0.1, 0.15) is 0 Å². The highest BCUT2D eigenvalue weighted by atomic mass is 16.3. The highest BCUT2D eigenvalue weighted by molar-refractivity contribution is 5.88. The van der Waals surface area contributed by atoms with Crippen molar-refractivity contribution in [1.29, 1.82) is 0 Å². The van der Waals surface area contributed by atoms with E-state index in [1.165, 1.54) is 180 Å². The number of amides is 2. The Bertz CT molecular complexity index is 691. The van der Waals surface area contributed by atoms with E-state index in [2.05, 4.69) is 19.2 Å². The largest absolute Gasteiger partial charge is 0.396 e. The normalized spacial score (nSPS) is 11.7. The first-order valence-electron chi connectivity index (χ1n) is 23.2. The lowest BCUT2D eigenvalue weighted by Gasteiger charge is -2.30. The van der Waals surface area contributed by atoms with Gasteiger partial charge in [0.05, 0.1) is 5.41 Å². The number of carbonyl (C=O) groups excluding carboxylic acids is 2. The van der Waals surface area contributed by atoms with Crippen LogP contribution in [0.15, 0.2) is 0 Å². The van der Waals surface area contributed by atoms with Gasteiger partial charge in [-0.1, -0.05) is 232 Å². The average molecular weight is 721 g/mol. The van der Waals surface area contributed by atoms with Gasteiger partial charge in [-0.2, -0.15) is 0 Å². The minimum absolute atomic E-state index is 0.0241. The van der Waals surface area contributed by atoms with Gasteiger partial charge in [-0.25, -0.2) is 0 Å². The number of primary amides is 1. The number of nitrogens with two attached hydrogens (primary N) is 1. The first kappa shape index (κ1) is 49.9. The molecule has 0 radical (unpaired) electrons. The van der Waals surface area contributed by atoms with Crippen molar-refractivity contribution in [3.05, 3.63) is 0 Å². The minimum atomic E-state index is -0.715. The number of rotatable bonds is 43. The molecule has 51 heavy (non-hydrogen) atoms. The molecule has 0 aliphatic rings. The summed E-state index contributed by atoms with van der Waals surface area (Å²) in [6, 6.07) is 0. The fourth-order valence-corrected chi connectivity index (χ4v) is 7.85. The van der Waals surface area contributed by atoms with E-state index in [0.29, 0.717) is 6.54 Å². The predicted molar refractivity (Wildman–Crippen MR) is 223 cm³/mol. The lowest BCUT2D eigenvalue weighted by molar-refractivity contribution is -0.135. The molecule has 0 aliphatic carbocycles. The number of hydrogen-bond acceptors (Lipinski definition) is 3. The van der Waals surface area contributed by atoms with Crippen LogP contribution < -0.4 is 11.1 Å². The highest BCUT2D eigenvalue weighted by Gasteiger charge is 2.37. The summed E-state index contributed by atoms with van der Waals surface area (Å²) in [7, 11) is 0. The van der Waals surface area contributed by atoms with Gasteiger partial charge in [-0.3, -0.25) is 9.59 Å². The van der Waals surface area contributed by atoms with Crippen molar-refractivity contribution in [2.24, 2.45) is 11.1 Å². The second-order valence-electron chi connectivity index (χ2n) is 16.4. The third-order valence-corrected chi connectivity index (χ3v) is 11.4. The SMILES string of the molecule is CCCCCCCCCCCCCCCCCCC(CCCCCCCCCCCCCCCCCC)(CC(=O)NCCCCCCO)C(N)=O. The van der Waals surface area contributed by atoms with Gasteiger partial charge >= 0.3 is 0 Å². The van der Waals surface area contributed by atoms with Gasteiger partial charge in [0.15, 0.2) is 0 Å². The molecule has 0 unspecified atom stereocenters. The van der Waals surface area contributed by atoms with Crippen LogP contribution in [0.3, 0.4) is 0 Å². The number of aliphatic hydroxyl groups is 1. The molecule has 2 amide bonds. The van der Waals surface area contributed by atoms with E-state index in [1.807, 2.05) is 0 Å². The zero-order valence-corrected chi connectivity index (χ0v) is 34.8. The third-order valence-electron chi connectivity index (χ3n) is 11.4. The van der Waals surface area contributed by atoms with E-state index < -0.39 is 5.41 Å². The summed E-state index contributed by atoms with van der Waals surface area (Å²) in [5.74, 6) is -0.300. The van der Waals surface area contributed by atoms with Crippen molar-refractivity contribution in [3.8, 4) is 0 Å². The van der Waals surface area contributed by atoms with Crippen molar-refractivity contribution in [1.82, 2.24) is 5.32 Å². The van der Waals surface area contributed by atoms with Crippen molar-refractivity contribution in [2.45, 2.75) is 264 Å². The molecule has 0 aromatic carbocycles. The predicted octanol–water partition coefficient (Wildman–Crippen LogP) is 13.8. The first-order chi connectivity index (χ1) is 25.0. The smallest absolute Gasteiger partial charge is 0.224 e. The summed E-state index contributed by atoms with van der Waals surface area (Å²) in [4.78, 5) is 26.0. The van der Waals surface area contributed by atoms with E-state index in [0.717, 1.165) is 64.2 Å². The zero-order chi connectivity index (χ0) is 37.4. The molecular weight excluding hydrogens is 629 g/mol. The van der Waals surface area contributed by atoms with Gasteiger partial charge in [0.2, 0.25) is 11.8 Å². The molecule has 5 nitrogen and oxygen atoms in total. The van der Waals surface area contributed by atoms with Crippen molar-refractivity contribution >= 4 is 11.8 Å². The Hall–Kier alpha value is -1.10. The van der Waals surface area contributed by atoms with Crippen LogP contribution in [0.1, 0.15) is 264 Å². The maximum absolute atomic E-state index is 13.0.